The summed E-state index contributed by atoms with van der Waals surface area (Å²) in [6.07, 6.45) is 6.35. The molecule has 1 fully saturated rings. The molecule has 0 bridgehead atoms. The third-order valence-corrected chi connectivity index (χ3v) is 4.62. The minimum absolute atomic E-state index is 0.416. The highest BCUT2D eigenvalue weighted by molar-refractivity contribution is 4.78. The Kier molecular flexibility index (Phi) is 7.33. The van der Waals surface area contributed by atoms with Gasteiger partial charge in [-0.3, -0.25) is 4.90 Å². The van der Waals surface area contributed by atoms with Crippen molar-refractivity contribution in [3.8, 4) is 0 Å². The predicted molar refractivity (Wildman–Crippen MR) is 84.5 cm³/mol. The number of likely N-dealkylation sites (N-methyl/N-ethyl adjacent to an activating group) is 1. The maximum absolute atomic E-state index is 5.69. The zero-order valence-corrected chi connectivity index (χ0v) is 13.6. The Morgan fingerprint density at radius 1 is 1.21 bits per heavy atom. The van der Waals surface area contributed by atoms with Gasteiger partial charge in [-0.25, -0.2) is 0 Å². The molecule has 0 amide bonds. The van der Waals surface area contributed by atoms with Crippen molar-refractivity contribution in [3.63, 3.8) is 0 Å². The van der Waals surface area contributed by atoms with E-state index in [-0.39, 0.29) is 0 Å². The van der Waals surface area contributed by atoms with Crippen LogP contribution in [-0.2, 0) is 0 Å². The number of hydrogen-bond donors (Lipinski definition) is 1. The maximum Gasteiger partial charge on any atom is 0.0220 e. The molecule has 0 aromatic rings. The Hall–Kier alpha value is -0.120. The highest BCUT2D eigenvalue weighted by Crippen LogP contribution is 2.26. The van der Waals surface area contributed by atoms with Gasteiger partial charge in [0.1, 0.15) is 0 Å². The molecule has 0 aromatic carbocycles. The highest BCUT2D eigenvalue weighted by atomic mass is 15.2. The molecule has 114 valence electrons. The Morgan fingerprint density at radius 2 is 1.95 bits per heavy atom. The van der Waals surface area contributed by atoms with E-state index in [2.05, 4.69) is 37.6 Å². The van der Waals surface area contributed by atoms with Gasteiger partial charge < -0.3 is 10.6 Å². The Morgan fingerprint density at radius 3 is 2.58 bits per heavy atom. The minimum Gasteiger partial charge on any atom is -0.330 e. The molecule has 1 rings (SSSR count). The Labute approximate surface area is 120 Å². The molecule has 0 aromatic heterocycles. The summed E-state index contributed by atoms with van der Waals surface area (Å²) < 4.78 is 0. The minimum atomic E-state index is 0.416. The fourth-order valence-corrected chi connectivity index (χ4v) is 3.25. The number of hydrogen-bond acceptors (Lipinski definition) is 3. The Balaban J connectivity index is 2.37. The van der Waals surface area contributed by atoms with Crippen LogP contribution in [0.1, 0.15) is 52.9 Å². The summed E-state index contributed by atoms with van der Waals surface area (Å²) in [5, 5.41) is 0. The summed E-state index contributed by atoms with van der Waals surface area (Å²) in [6, 6.07) is 0.755. The summed E-state index contributed by atoms with van der Waals surface area (Å²) in [5.41, 5.74) is 6.11. The van der Waals surface area contributed by atoms with Crippen molar-refractivity contribution >= 4 is 0 Å². The van der Waals surface area contributed by atoms with Crippen LogP contribution in [0.15, 0.2) is 0 Å². The van der Waals surface area contributed by atoms with Crippen molar-refractivity contribution in [2.45, 2.75) is 58.9 Å². The van der Waals surface area contributed by atoms with Gasteiger partial charge in [0.2, 0.25) is 0 Å². The zero-order valence-electron chi connectivity index (χ0n) is 13.6. The number of rotatable bonds is 7. The zero-order chi connectivity index (χ0) is 14.3. The van der Waals surface area contributed by atoms with Crippen LogP contribution in [0.4, 0.5) is 0 Å². The van der Waals surface area contributed by atoms with Gasteiger partial charge in [0, 0.05) is 12.6 Å². The van der Waals surface area contributed by atoms with Gasteiger partial charge in [-0.1, -0.05) is 20.8 Å². The second-order valence-electron chi connectivity index (χ2n) is 7.02. The van der Waals surface area contributed by atoms with Gasteiger partial charge in [0.15, 0.2) is 0 Å². The quantitative estimate of drug-likeness (QED) is 0.771. The largest absolute Gasteiger partial charge is 0.330 e. The molecule has 0 aliphatic carbocycles. The standard InChI is InChI=1S/C16H35N3/c1-5-15-14-18(4)11-7-13-19(15)12-6-8-16(2,3)9-10-17/h15H,5-14,17H2,1-4H3. The molecule has 1 aliphatic heterocycles. The van der Waals surface area contributed by atoms with Crippen molar-refractivity contribution in [1.29, 1.82) is 0 Å². The Bertz CT molecular complexity index is 240. The first-order valence-electron chi connectivity index (χ1n) is 8.11. The fraction of sp³-hybridized carbons (Fsp3) is 1.00. The van der Waals surface area contributed by atoms with Gasteiger partial charge in [-0.05, 0) is 70.7 Å². The van der Waals surface area contributed by atoms with E-state index >= 15 is 0 Å². The first-order chi connectivity index (χ1) is 8.98. The van der Waals surface area contributed by atoms with E-state index in [1.807, 2.05) is 0 Å². The van der Waals surface area contributed by atoms with Crippen LogP contribution < -0.4 is 5.73 Å². The van der Waals surface area contributed by atoms with Gasteiger partial charge in [0.05, 0.1) is 0 Å². The number of nitrogens with zero attached hydrogens (tertiary/aromatic N) is 2. The maximum atomic E-state index is 5.69. The van der Waals surface area contributed by atoms with Gasteiger partial charge in [-0.15, -0.1) is 0 Å². The summed E-state index contributed by atoms with van der Waals surface area (Å²) in [4.78, 5) is 5.22. The predicted octanol–water partition coefficient (Wildman–Crippen LogP) is 2.56. The van der Waals surface area contributed by atoms with Crippen molar-refractivity contribution < 1.29 is 0 Å². The topological polar surface area (TPSA) is 32.5 Å². The lowest BCUT2D eigenvalue weighted by Gasteiger charge is -2.31. The highest BCUT2D eigenvalue weighted by Gasteiger charge is 2.22. The van der Waals surface area contributed by atoms with Crippen LogP contribution in [0.5, 0.6) is 0 Å². The lowest BCUT2D eigenvalue weighted by atomic mass is 9.84. The van der Waals surface area contributed by atoms with E-state index in [4.69, 9.17) is 5.73 Å². The van der Waals surface area contributed by atoms with Gasteiger partial charge in [-0.2, -0.15) is 0 Å². The summed E-state index contributed by atoms with van der Waals surface area (Å²) in [6.45, 7) is 12.9. The summed E-state index contributed by atoms with van der Waals surface area (Å²) >= 11 is 0. The van der Waals surface area contributed by atoms with Crippen molar-refractivity contribution in [1.82, 2.24) is 9.80 Å². The van der Waals surface area contributed by atoms with Crippen LogP contribution in [0.3, 0.4) is 0 Å². The van der Waals surface area contributed by atoms with Crippen LogP contribution in [0.2, 0.25) is 0 Å². The van der Waals surface area contributed by atoms with Gasteiger partial charge >= 0.3 is 0 Å². The number of nitrogens with two attached hydrogens (primary N) is 1. The molecule has 19 heavy (non-hydrogen) atoms. The molecule has 0 radical (unpaired) electrons. The van der Waals surface area contributed by atoms with E-state index in [0.717, 1.165) is 19.0 Å². The normalized spacial score (nSPS) is 23.5. The van der Waals surface area contributed by atoms with E-state index < -0.39 is 0 Å². The van der Waals surface area contributed by atoms with E-state index in [0.29, 0.717) is 5.41 Å². The molecular formula is C16H35N3. The summed E-state index contributed by atoms with van der Waals surface area (Å²) in [7, 11) is 2.26. The summed E-state index contributed by atoms with van der Waals surface area (Å²) in [5.74, 6) is 0. The molecule has 0 spiro atoms. The molecule has 2 N–H and O–H groups in total. The monoisotopic (exact) mass is 269 g/mol. The molecule has 1 aliphatic rings. The SMILES string of the molecule is CCC1CN(C)CCCN1CCCC(C)(C)CCN. The second-order valence-corrected chi connectivity index (χ2v) is 7.02. The van der Waals surface area contributed by atoms with Crippen molar-refractivity contribution in [2.75, 3.05) is 39.8 Å². The molecule has 3 heteroatoms. The second kappa shape index (κ2) is 8.23. The van der Waals surface area contributed by atoms with Crippen LogP contribution in [0, 0.1) is 5.41 Å². The average molecular weight is 269 g/mol. The van der Waals surface area contributed by atoms with Crippen molar-refractivity contribution in [2.24, 2.45) is 11.1 Å². The fourth-order valence-electron chi connectivity index (χ4n) is 3.25. The van der Waals surface area contributed by atoms with E-state index in [1.165, 1.54) is 51.9 Å². The van der Waals surface area contributed by atoms with E-state index in [9.17, 15) is 0 Å². The van der Waals surface area contributed by atoms with Crippen LogP contribution in [0.25, 0.3) is 0 Å². The molecule has 1 unspecified atom stereocenters. The molecule has 3 nitrogen and oxygen atoms in total. The lowest BCUT2D eigenvalue weighted by molar-refractivity contribution is 0.170. The van der Waals surface area contributed by atoms with Crippen LogP contribution >= 0.6 is 0 Å². The molecule has 1 saturated heterocycles. The molecule has 1 atom stereocenters. The molecular weight excluding hydrogens is 234 g/mol. The van der Waals surface area contributed by atoms with Crippen LogP contribution in [-0.4, -0.2) is 55.6 Å². The third-order valence-electron chi connectivity index (χ3n) is 4.62. The van der Waals surface area contributed by atoms with Gasteiger partial charge in [0.25, 0.3) is 0 Å². The molecule has 0 saturated carbocycles. The van der Waals surface area contributed by atoms with E-state index in [1.54, 1.807) is 0 Å². The first kappa shape index (κ1) is 16.9. The van der Waals surface area contributed by atoms with Crippen molar-refractivity contribution in [3.05, 3.63) is 0 Å². The average Bonchev–Trinajstić information content (AvgIpc) is 2.50. The smallest absolute Gasteiger partial charge is 0.0220 e. The molecule has 1 heterocycles. The lowest BCUT2D eigenvalue weighted by Crippen LogP contribution is -2.40. The first-order valence-corrected chi connectivity index (χ1v) is 8.11. The third kappa shape index (κ3) is 6.24.